The van der Waals surface area contributed by atoms with Crippen molar-refractivity contribution in [1.82, 2.24) is 4.57 Å². The van der Waals surface area contributed by atoms with Gasteiger partial charge in [-0.25, -0.2) is 9.13 Å². The first-order chi connectivity index (χ1) is 13.5. The van der Waals surface area contributed by atoms with Crippen LogP contribution >= 0.6 is 11.8 Å². The molecular formula is C23H31N2O2S+. The fourth-order valence-electron chi connectivity index (χ4n) is 5.74. The summed E-state index contributed by atoms with van der Waals surface area (Å²) in [7, 11) is 2.03. The van der Waals surface area contributed by atoms with Gasteiger partial charge < -0.3 is 9.47 Å². The Morgan fingerprint density at radius 1 is 1.29 bits per heavy atom. The summed E-state index contributed by atoms with van der Waals surface area (Å²) < 4.78 is 16.7. The minimum atomic E-state index is 0.166. The van der Waals surface area contributed by atoms with Gasteiger partial charge in [0.05, 0.1) is 13.2 Å². The third-order valence-electron chi connectivity index (χ3n) is 7.73. The van der Waals surface area contributed by atoms with Crippen molar-refractivity contribution < 1.29 is 14.0 Å². The van der Waals surface area contributed by atoms with Crippen molar-refractivity contribution in [2.45, 2.75) is 51.2 Å². The molecule has 28 heavy (non-hydrogen) atoms. The van der Waals surface area contributed by atoms with Crippen molar-refractivity contribution in [3.05, 3.63) is 48.5 Å². The maximum atomic E-state index is 6.65. The average molecular weight is 400 g/mol. The zero-order valence-corrected chi connectivity index (χ0v) is 18.0. The van der Waals surface area contributed by atoms with Gasteiger partial charge >= 0.3 is 0 Å². The SMILES string of the molecule is C[n+]1ccn(CCOc2ccc(C3OC4CC5CCC4(CS3)C5(C)C)cc2)c1. The maximum Gasteiger partial charge on any atom is 0.243 e. The largest absolute Gasteiger partial charge is 0.489 e. The summed E-state index contributed by atoms with van der Waals surface area (Å²) in [6.07, 6.45) is 10.6. The summed E-state index contributed by atoms with van der Waals surface area (Å²) in [5.41, 5.74) is 2.27. The molecule has 1 spiro atoms. The van der Waals surface area contributed by atoms with E-state index in [0.717, 1.165) is 18.2 Å². The molecule has 0 radical (unpaired) electrons. The monoisotopic (exact) mass is 399 g/mol. The Hall–Kier alpha value is -1.46. The predicted molar refractivity (Wildman–Crippen MR) is 111 cm³/mol. The van der Waals surface area contributed by atoms with Crippen LogP contribution in [-0.2, 0) is 18.3 Å². The van der Waals surface area contributed by atoms with Gasteiger partial charge in [0.25, 0.3) is 0 Å². The highest BCUT2D eigenvalue weighted by molar-refractivity contribution is 7.99. The number of imidazole rings is 1. The van der Waals surface area contributed by atoms with Crippen molar-refractivity contribution in [3.8, 4) is 5.75 Å². The third kappa shape index (κ3) is 2.89. The van der Waals surface area contributed by atoms with Crippen LogP contribution in [0.4, 0.5) is 0 Å². The molecule has 4 unspecified atom stereocenters. The smallest absolute Gasteiger partial charge is 0.243 e. The lowest BCUT2D eigenvalue weighted by molar-refractivity contribution is -0.671. The van der Waals surface area contributed by atoms with E-state index in [0.29, 0.717) is 23.5 Å². The summed E-state index contributed by atoms with van der Waals surface area (Å²) >= 11 is 2.00. The molecule has 2 aliphatic carbocycles. The lowest BCUT2D eigenvalue weighted by Gasteiger charge is -2.47. The number of ether oxygens (including phenoxy) is 2. The molecule has 0 N–H and O–H groups in total. The fourth-order valence-corrected chi connectivity index (χ4v) is 7.46. The summed E-state index contributed by atoms with van der Waals surface area (Å²) in [6.45, 7) is 6.48. The molecule has 4 atom stereocenters. The molecule has 0 amide bonds. The van der Waals surface area contributed by atoms with Gasteiger partial charge in [0, 0.05) is 11.2 Å². The minimum Gasteiger partial charge on any atom is -0.489 e. The van der Waals surface area contributed by atoms with Crippen LogP contribution in [-0.4, -0.2) is 23.0 Å². The molecule has 5 heteroatoms. The van der Waals surface area contributed by atoms with E-state index in [4.69, 9.17) is 9.47 Å². The van der Waals surface area contributed by atoms with Gasteiger partial charge in [-0.2, -0.15) is 0 Å². The fraction of sp³-hybridized carbons (Fsp3) is 0.609. The molecule has 2 heterocycles. The lowest BCUT2D eigenvalue weighted by atomic mass is 9.69. The van der Waals surface area contributed by atoms with E-state index in [9.17, 15) is 0 Å². The first-order valence-electron chi connectivity index (χ1n) is 10.5. The Bertz CT molecular complexity index is 847. The Morgan fingerprint density at radius 3 is 2.82 bits per heavy atom. The molecule has 1 aliphatic heterocycles. The van der Waals surface area contributed by atoms with Crippen molar-refractivity contribution in [2.24, 2.45) is 23.8 Å². The Labute approximate surface area is 172 Å². The molecule has 1 saturated heterocycles. The molecule has 150 valence electrons. The second kappa shape index (κ2) is 6.81. The van der Waals surface area contributed by atoms with Crippen LogP contribution in [0.25, 0.3) is 0 Å². The molecular weight excluding hydrogens is 368 g/mol. The molecule has 2 saturated carbocycles. The number of aromatic nitrogens is 2. The number of thioether (sulfide) groups is 1. The van der Waals surface area contributed by atoms with E-state index < -0.39 is 0 Å². The number of aryl methyl sites for hydroxylation is 1. The van der Waals surface area contributed by atoms with E-state index in [2.05, 4.69) is 55.2 Å². The standard InChI is InChI=1S/C23H31N2O2S/c1-22(2)18-8-9-23(22)15-28-21(27-20(23)14-18)17-4-6-19(7-5-17)26-13-12-25-11-10-24(3)16-25/h4-7,10-11,16,18,20-21H,8-9,12-15H2,1-3H3/q+1. The van der Waals surface area contributed by atoms with Crippen molar-refractivity contribution in [2.75, 3.05) is 12.4 Å². The number of hydrogen-bond donors (Lipinski definition) is 0. The lowest BCUT2D eigenvalue weighted by Crippen LogP contribution is -2.45. The van der Waals surface area contributed by atoms with Gasteiger partial charge in [0.2, 0.25) is 6.33 Å². The van der Waals surface area contributed by atoms with Crippen LogP contribution in [0.15, 0.2) is 43.0 Å². The second-order valence-corrected chi connectivity index (χ2v) is 10.4. The molecule has 3 aliphatic rings. The topological polar surface area (TPSA) is 27.3 Å². The van der Waals surface area contributed by atoms with E-state index >= 15 is 0 Å². The quantitative estimate of drug-likeness (QED) is 0.700. The Balaban J connectivity index is 1.19. The van der Waals surface area contributed by atoms with Crippen LogP contribution < -0.4 is 9.30 Å². The molecule has 1 aromatic carbocycles. The number of rotatable bonds is 5. The minimum absolute atomic E-state index is 0.166. The maximum absolute atomic E-state index is 6.65. The van der Waals surface area contributed by atoms with Crippen LogP contribution in [0, 0.1) is 16.7 Å². The number of hydrogen-bond acceptors (Lipinski definition) is 3. The molecule has 2 bridgehead atoms. The van der Waals surface area contributed by atoms with Crippen LogP contribution in [0.5, 0.6) is 5.75 Å². The van der Waals surface area contributed by atoms with E-state index in [1.807, 2.05) is 29.6 Å². The summed E-state index contributed by atoms with van der Waals surface area (Å²) in [4.78, 5) is 0. The first kappa shape index (κ1) is 18.6. The zero-order chi connectivity index (χ0) is 19.4. The molecule has 1 aromatic heterocycles. The van der Waals surface area contributed by atoms with E-state index in [-0.39, 0.29) is 5.44 Å². The number of fused-ring (bicyclic) bond motifs is 1. The van der Waals surface area contributed by atoms with E-state index in [1.54, 1.807) is 0 Å². The highest BCUT2D eigenvalue weighted by atomic mass is 32.2. The predicted octanol–water partition coefficient (Wildman–Crippen LogP) is 4.35. The first-order valence-corrected chi connectivity index (χ1v) is 11.5. The summed E-state index contributed by atoms with van der Waals surface area (Å²) in [5, 5.41) is 0. The summed E-state index contributed by atoms with van der Waals surface area (Å²) in [6, 6.07) is 8.53. The van der Waals surface area contributed by atoms with Crippen LogP contribution in [0.2, 0.25) is 0 Å². The Morgan fingerprint density at radius 2 is 2.11 bits per heavy atom. The van der Waals surface area contributed by atoms with Crippen LogP contribution in [0.1, 0.15) is 44.1 Å². The third-order valence-corrected chi connectivity index (χ3v) is 9.10. The van der Waals surface area contributed by atoms with E-state index in [1.165, 1.54) is 30.6 Å². The van der Waals surface area contributed by atoms with Crippen molar-refractivity contribution in [3.63, 3.8) is 0 Å². The van der Waals surface area contributed by atoms with Gasteiger partial charge in [-0.1, -0.05) is 26.0 Å². The van der Waals surface area contributed by atoms with Gasteiger partial charge in [-0.05, 0) is 48.3 Å². The number of nitrogens with zero attached hydrogens (tertiary/aromatic N) is 2. The second-order valence-electron chi connectivity index (χ2n) is 9.35. The van der Waals surface area contributed by atoms with Gasteiger partial charge in [-0.15, -0.1) is 11.8 Å². The molecule has 3 fully saturated rings. The van der Waals surface area contributed by atoms with Gasteiger partial charge in [0.1, 0.15) is 36.7 Å². The summed E-state index contributed by atoms with van der Waals surface area (Å²) in [5.74, 6) is 3.01. The average Bonchev–Trinajstić information content (AvgIpc) is 3.28. The number of benzene rings is 1. The normalized spacial score (nSPS) is 33.0. The highest BCUT2D eigenvalue weighted by Crippen LogP contribution is 2.70. The Kier molecular flexibility index (Phi) is 4.51. The highest BCUT2D eigenvalue weighted by Gasteiger charge is 2.66. The van der Waals surface area contributed by atoms with Crippen molar-refractivity contribution in [1.29, 1.82) is 0 Å². The molecule has 4 nitrogen and oxygen atoms in total. The van der Waals surface area contributed by atoms with Crippen LogP contribution in [0.3, 0.4) is 0 Å². The van der Waals surface area contributed by atoms with Gasteiger partial charge in [-0.3, -0.25) is 0 Å². The zero-order valence-electron chi connectivity index (χ0n) is 17.1. The van der Waals surface area contributed by atoms with Gasteiger partial charge in [0.15, 0.2) is 0 Å². The molecule has 5 rings (SSSR count). The molecule has 2 aromatic rings. The van der Waals surface area contributed by atoms with Crippen molar-refractivity contribution >= 4 is 11.8 Å².